The highest BCUT2D eigenvalue weighted by molar-refractivity contribution is 5.85. The second kappa shape index (κ2) is 9.13. The fourth-order valence-corrected chi connectivity index (χ4v) is 4.80. The van der Waals surface area contributed by atoms with E-state index < -0.39 is 6.09 Å². The molecule has 0 saturated carbocycles. The molecule has 0 aliphatic carbocycles. The van der Waals surface area contributed by atoms with E-state index in [0.717, 1.165) is 36.9 Å². The van der Waals surface area contributed by atoms with Crippen LogP contribution in [0.15, 0.2) is 28.7 Å². The summed E-state index contributed by atoms with van der Waals surface area (Å²) in [6.45, 7) is 7.00. The van der Waals surface area contributed by atoms with Crippen LogP contribution in [0.3, 0.4) is 0 Å². The van der Waals surface area contributed by atoms with E-state index in [0.29, 0.717) is 32.2 Å². The summed E-state index contributed by atoms with van der Waals surface area (Å²) in [6, 6.07) is 8.08. The molecule has 2 saturated heterocycles. The Morgan fingerprint density at radius 3 is 2.65 bits per heavy atom. The van der Waals surface area contributed by atoms with E-state index in [-0.39, 0.29) is 24.0 Å². The van der Waals surface area contributed by atoms with E-state index in [1.54, 1.807) is 0 Å². The van der Waals surface area contributed by atoms with Crippen molar-refractivity contribution < 1.29 is 19.1 Å². The summed E-state index contributed by atoms with van der Waals surface area (Å²) < 4.78 is 5.92. The number of para-hydroxylation sites is 2. The first-order valence-corrected chi connectivity index (χ1v) is 11.1. The average molecular weight is 430 g/mol. The molecule has 2 N–H and O–H groups in total. The Morgan fingerprint density at radius 1 is 1.19 bits per heavy atom. The van der Waals surface area contributed by atoms with Gasteiger partial charge in [-0.05, 0) is 45.2 Å². The van der Waals surface area contributed by atoms with Gasteiger partial charge >= 0.3 is 6.09 Å². The summed E-state index contributed by atoms with van der Waals surface area (Å²) in [4.78, 5) is 34.6. The average Bonchev–Trinajstić information content (AvgIpc) is 3.19. The van der Waals surface area contributed by atoms with Gasteiger partial charge in [0.1, 0.15) is 11.6 Å². The first-order valence-electron chi connectivity index (χ1n) is 11.1. The highest BCUT2D eigenvalue weighted by atomic mass is 16.4. The maximum absolute atomic E-state index is 13.0. The molecule has 2 aromatic rings. The number of anilines is 1. The van der Waals surface area contributed by atoms with E-state index in [4.69, 9.17) is 4.42 Å². The second-order valence-corrected chi connectivity index (χ2v) is 8.58. The Kier molecular flexibility index (Phi) is 6.31. The molecule has 2 aliphatic rings. The quantitative estimate of drug-likeness (QED) is 0.752. The molecule has 1 aromatic heterocycles. The van der Waals surface area contributed by atoms with Crippen LogP contribution >= 0.6 is 0 Å². The number of nitrogens with one attached hydrogen (secondary N) is 1. The molecule has 31 heavy (non-hydrogen) atoms. The predicted molar refractivity (Wildman–Crippen MR) is 117 cm³/mol. The number of piperazine rings is 1. The molecule has 0 radical (unpaired) electrons. The van der Waals surface area contributed by atoms with Crippen LogP contribution in [0, 0.1) is 0 Å². The minimum atomic E-state index is -0.872. The van der Waals surface area contributed by atoms with Crippen molar-refractivity contribution in [3.63, 3.8) is 0 Å². The van der Waals surface area contributed by atoms with Crippen LogP contribution < -0.4 is 10.2 Å². The van der Waals surface area contributed by atoms with Crippen molar-refractivity contribution in [2.24, 2.45) is 0 Å². The fourth-order valence-electron chi connectivity index (χ4n) is 4.80. The van der Waals surface area contributed by atoms with Gasteiger partial charge in [-0.1, -0.05) is 12.1 Å². The number of benzene rings is 1. The number of aromatic nitrogens is 1. The van der Waals surface area contributed by atoms with Crippen molar-refractivity contribution in [3.05, 3.63) is 24.3 Å². The van der Waals surface area contributed by atoms with Gasteiger partial charge in [-0.15, -0.1) is 0 Å². The van der Waals surface area contributed by atoms with Crippen molar-refractivity contribution in [3.8, 4) is 0 Å². The lowest BCUT2D eigenvalue weighted by Gasteiger charge is -2.43. The lowest BCUT2D eigenvalue weighted by Crippen LogP contribution is -2.59. The Balaban J connectivity index is 1.35. The SMILES string of the molecule is CC1CN(C(=O)O)CC(C)N1CCNC(=O)[C@@H]1CCCCN1c1nc2ccccc2o1. The third-order valence-electron chi connectivity index (χ3n) is 6.38. The van der Waals surface area contributed by atoms with Crippen LogP contribution in [0.5, 0.6) is 0 Å². The molecule has 2 amide bonds. The zero-order valence-corrected chi connectivity index (χ0v) is 18.2. The molecule has 1 aromatic carbocycles. The van der Waals surface area contributed by atoms with Crippen LogP contribution in [0.25, 0.3) is 11.1 Å². The molecule has 2 aliphatic heterocycles. The number of carboxylic acid groups (broad SMARTS) is 1. The zero-order chi connectivity index (χ0) is 22.0. The number of amides is 2. The third kappa shape index (κ3) is 4.61. The van der Waals surface area contributed by atoms with Crippen LogP contribution in [-0.2, 0) is 4.79 Å². The molecule has 9 nitrogen and oxygen atoms in total. The normalized spacial score (nSPS) is 25.0. The summed E-state index contributed by atoms with van der Waals surface area (Å²) in [5.41, 5.74) is 1.52. The Hall–Kier alpha value is -2.81. The van der Waals surface area contributed by atoms with Gasteiger partial charge in [0.25, 0.3) is 6.01 Å². The first-order chi connectivity index (χ1) is 14.9. The lowest BCUT2D eigenvalue weighted by atomic mass is 10.0. The van der Waals surface area contributed by atoms with Gasteiger partial charge in [-0.3, -0.25) is 9.69 Å². The number of piperidine rings is 1. The summed E-state index contributed by atoms with van der Waals surface area (Å²) in [7, 11) is 0. The van der Waals surface area contributed by atoms with Gasteiger partial charge in [0.15, 0.2) is 5.58 Å². The predicted octanol–water partition coefficient (Wildman–Crippen LogP) is 2.38. The molecule has 0 bridgehead atoms. The van der Waals surface area contributed by atoms with Crippen molar-refractivity contribution in [2.45, 2.75) is 51.2 Å². The van der Waals surface area contributed by atoms with Crippen LogP contribution in [0.2, 0.25) is 0 Å². The highest BCUT2D eigenvalue weighted by Crippen LogP contribution is 2.27. The van der Waals surface area contributed by atoms with Crippen molar-refractivity contribution in [2.75, 3.05) is 37.6 Å². The van der Waals surface area contributed by atoms with Crippen molar-refractivity contribution in [1.82, 2.24) is 20.1 Å². The number of carbonyl (C=O) groups is 2. The molecule has 168 valence electrons. The van der Waals surface area contributed by atoms with Crippen molar-refractivity contribution >= 4 is 29.1 Å². The molecular formula is C22H31N5O4. The van der Waals surface area contributed by atoms with E-state index >= 15 is 0 Å². The minimum Gasteiger partial charge on any atom is -0.465 e. The molecule has 3 heterocycles. The topological polar surface area (TPSA) is 102 Å². The summed E-state index contributed by atoms with van der Waals surface area (Å²) in [5, 5.41) is 12.3. The largest absolute Gasteiger partial charge is 0.465 e. The Bertz CT molecular complexity index is 887. The number of fused-ring (bicyclic) bond motifs is 1. The summed E-state index contributed by atoms with van der Waals surface area (Å²) in [5.74, 6) is -0.00793. The Morgan fingerprint density at radius 2 is 1.94 bits per heavy atom. The van der Waals surface area contributed by atoms with Crippen molar-refractivity contribution in [1.29, 1.82) is 0 Å². The number of carbonyl (C=O) groups excluding carboxylic acids is 1. The minimum absolute atomic E-state index is 0.00793. The molecular weight excluding hydrogens is 398 g/mol. The fraction of sp³-hybridized carbons (Fsp3) is 0.591. The van der Waals surface area contributed by atoms with Crippen LogP contribution in [0.4, 0.5) is 10.8 Å². The second-order valence-electron chi connectivity index (χ2n) is 8.58. The number of hydrogen-bond donors (Lipinski definition) is 2. The molecule has 0 spiro atoms. The van der Waals surface area contributed by atoms with E-state index in [1.165, 1.54) is 4.90 Å². The zero-order valence-electron chi connectivity index (χ0n) is 18.2. The highest BCUT2D eigenvalue weighted by Gasteiger charge is 2.33. The number of oxazole rings is 1. The smallest absolute Gasteiger partial charge is 0.407 e. The van der Waals surface area contributed by atoms with E-state index in [2.05, 4.69) is 15.2 Å². The Labute approximate surface area is 182 Å². The number of rotatable bonds is 5. The first kappa shape index (κ1) is 21.4. The van der Waals surface area contributed by atoms with Gasteiger partial charge in [0.05, 0.1) is 0 Å². The molecule has 2 fully saturated rings. The maximum atomic E-state index is 13.0. The van der Waals surface area contributed by atoms with Gasteiger partial charge in [0, 0.05) is 44.8 Å². The third-order valence-corrected chi connectivity index (χ3v) is 6.38. The maximum Gasteiger partial charge on any atom is 0.407 e. The van der Waals surface area contributed by atoms with Crippen LogP contribution in [0.1, 0.15) is 33.1 Å². The van der Waals surface area contributed by atoms with Crippen LogP contribution in [-0.4, -0.2) is 82.7 Å². The molecule has 3 atom stereocenters. The lowest BCUT2D eigenvalue weighted by molar-refractivity contribution is -0.123. The van der Waals surface area contributed by atoms with E-state index in [9.17, 15) is 14.7 Å². The number of nitrogens with zero attached hydrogens (tertiary/aromatic N) is 4. The number of hydrogen-bond acceptors (Lipinski definition) is 6. The van der Waals surface area contributed by atoms with Gasteiger partial charge in [0.2, 0.25) is 5.91 Å². The summed E-state index contributed by atoms with van der Waals surface area (Å²) >= 11 is 0. The van der Waals surface area contributed by atoms with Gasteiger partial charge < -0.3 is 24.6 Å². The summed E-state index contributed by atoms with van der Waals surface area (Å²) in [6.07, 6.45) is 1.91. The van der Waals surface area contributed by atoms with E-state index in [1.807, 2.05) is 43.0 Å². The monoisotopic (exact) mass is 429 g/mol. The molecule has 4 rings (SSSR count). The molecule has 2 unspecified atom stereocenters. The standard InChI is InChI=1S/C22H31N5O4/c1-15-13-25(22(29)30)14-16(2)26(15)12-10-23-20(28)18-8-5-6-11-27(18)21-24-17-7-3-4-9-19(17)31-21/h3-4,7,9,15-16,18H,5-6,8,10-14H2,1-2H3,(H,23,28)(H,29,30)/t15?,16?,18-/m0/s1. The van der Waals surface area contributed by atoms with Gasteiger partial charge in [-0.25, -0.2) is 4.79 Å². The molecule has 9 heteroatoms. The van der Waals surface area contributed by atoms with Gasteiger partial charge in [-0.2, -0.15) is 4.98 Å².